The number of carbonyl (C=O) groups excluding carboxylic acids is 1. The summed E-state index contributed by atoms with van der Waals surface area (Å²) >= 11 is 0. The van der Waals surface area contributed by atoms with Crippen LogP contribution >= 0.6 is 0 Å². The van der Waals surface area contributed by atoms with Gasteiger partial charge in [-0.2, -0.15) is 0 Å². The maximum atomic E-state index is 12.0. The van der Waals surface area contributed by atoms with E-state index in [1.165, 1.54) is 4.80 Å². The molecule has 0 bridgehead atoms. The average molecular weight is 345 g/mol. The lowest BCUT2D eigenvalue weighted by Gasteiger charge is -2.24. The maximum absolute atomic E-state index is 12.0. The second-order valence-corrected chi connectivity index (χ2v) is 5.83. The van der Waals surface area contributed by atoms with E-state index in [9.17, 15) is 14.7 Å². The van der Waals surface area contributed by atoms with Crippen LogP contribution in [0.4, 0.5) is 4.79 Å². The Hall–Kier alpha value is -2.97. The van der Waals surface area contributed by atoms with Gasteiger partial charge in [0.05, 0.1) is 18.3 Å². The highest BCUT2D eigenvalue weighted by Crippen LogP contribution is 2.35. The number of amides is 1. The van der Waals surface area contributed by atoms with Gasteiger partial charge in [-0.15, -0.1) is 15.0 Å². The largest absolute Gasteiger partial charge is 0.465 e. The van der Waals surface area contributed by atoms with Crippen LogP contribution < -0.4 is 0 Å². The lowest BCUT2D eigenvalue weighted by atomic mass is 10.2. The van der Waals surface area contributed by atoms with E-state index in [-0.39, 0.29) is 12.4 Å². The summed E-state index contributed by atoms with van der Waals surface area (Å²) in [6.45, 7) is 3.84. The Bertz CT molecular complexity index is 790. The van der Waals surface area contributed by atoms with Crippen LogP contribution in [0.1, 0.15) is 37.2 Å². The summed E-state index contributed by atoms with van der Waals surface area (Å²) in [5.74, 6) is -0.269. The molecule has 1 saturated heterocycles. The van der Waals surface area contributed by atoms with E-state index < -0.39 is 24.1 Å². The SMILES string of the molecule is CCOC(=O)[C@@H]1CC[C@H](c2nnn(-c3cccc(C)c3)n2)N1C(=O)O. The number of hydrogen-bond donors (Lipinski definition) is 1. The van der Waals surface area contributed by atoms with E-state index >= 15 is 0 Å². The number of carbonyl (C=O) groups is 2. The molecule has 2 heterocycles. The highest BCUT2D eigenvalue weighted by atomic mass is 16.5. The highest BCUT2D eigenvalue weighted by molar-refractivity contribution is 5.81. The minimum atomic E-state index is -1.20. The first kappa shape index (κ1) is 16.9. The number of carboxylic acid groups (broad SMARTS) is 1. The van der Waals surface area contributed by atoms with Gasteiger partial charge in [-0.1, -0.05) is 12.1 Å². The van der Waals surface area contributed by atoms with Gasteiger partial charge in [-0.3, -0.25) is 4.90 Å². The molecule has 1 fully saturated rings. The summed E-state index contributed by atoms with van der Waals surface area (Å²) in [6.07, 6.45) is -0.392. The summed E-state index contributed by atoms with van der Waals surface area (Å²) < 4.78 is 4.97. The van der Waals surface area contributed by atoms with Crippen LogP contribution in [0.3, 0.4) is 0 Å². The normalized spacial score (nSPS) is 19.8. The number of benzene rings is 1. The van der Waals surface area contributed by atoms with Crippen molar-refractivity contribution in [3.63, 3.8) is 0 Å². The van der Waals surface area contributed by atoms with Gasteiger partial charge >= 0.3 is 12.1 Å². The summed E-state index contributed by atoms with van der Waals surface area (Å²) in [7, 11) is 0. The highest BCUT2D eigenvalue weighted by Gasteiger charge is 2.44. The molecule has 9 heteroatoms. The molecule has 1 aromatic heterocycles. The molecule has 132 valence electrons. The summed E-state index contributed by atoms with van der Waals surface area (Å²) in [4.78, 5) is 26.1. The van der Waals surface area contributed by atoms with Crippen molar-refractivity contribution in [1.29, 1.82) is 0 Å². The van der Waals surface area contributed by atoms with E-state index in [0.717, 1.165) is 16.2 Å². The van der Waals surface area contributed by atoms with Crippen molar-refractivity contribution in [3.8, 4) is 5.69 Å². The van der Waals surface area contributed by atoms with Gasteiger partial charge in [0.2, 0.25) is 0 Å². The van der Waals surface area contributed by atoms with E-state index in [0.29, 0.717) is 12.8 Å². The molecular formula is C16H19N5O4. The second-order valence-electron chi connectivity index (χ2n) is 5.83. The summed E-state index contributed by atoms with van der Waals surface area (Å²) in [6, 6.07) is 6.11. The predicted octanol–water partition coefficient (Wildman–Crippen LogP) is 1.72. The molecule has 1 aromatic carbocycles. The van der Waals surface area contributed by atoms with Gasteiger partial charge in [0.1, 0.15) is 6.04 Å². The number of nitrogens with zero attached hydrogens (tertiary/aromatic N) is 5. The Morgan fingerprint density at radius 2 is 2.16 bits per heavy atom. The first-order chi connectivity index (χ1) is 12.0. The van der Waals surface area contributed by atoms with E-state index in [1.54, 1.807) is 6.92 Å². The monoisotopic (exact) mass is 345 g/mol. The second kappa shape index (κ2) is 6.88. The number of aryl methyl sites for hydroxylation is 1. The van der Waals surface area contributed by atoms with Crippen molar-refractivity contribution >= 4 is 12.1 Å². The van der Waals surface area contributed by atoms with E-state index in [1.807, 2.05) is 31.2 Å². The zero-order valence-electron chi connectivity index (χ0n) is 14.0. The predicted molar refractivity (Wildman–Crippen MR) is 86.2 cm³/mol. The van der Waals surface area contributed by atoms with Crippen LogP contribution in [0.2, 0.25) is 0 Å². The topological polar surface area (TPSA) is 110 Å². The Morgan fingerprint density at radius 3 is 2.84 bits per heavy atom. The third-order valence-corrected chi connectivity index (χ3v) is 4.12. The Labute approximate surface area is 144 Å². The molecule has 0 aliphatic carbocycles. The third kappa shape index (κ3) is 3.30. The van der Waals surface area contributed by atoms with Crippen molar-refractivity contribution in [2.24, 2.45) is 0 Å². The molecule has 25 heavy (non-hydrogen) atoms. The molecule has 9 nitrogen and oxygen atoms in total. The summed E-state index contributed by atoms with van der Waals surface area (Å²) in [5.41, 5.74) is 1.78. The van der Waals surface area contributed by atoms with Gasteiger partial charge in [-0.25, -0.2) is 9.59 Å². The van der Waals surface area contributed by atoms with Crippen LogP contribution in [-0.2, 0) is 9.53 Å². The number of aromatic nitrogens is 4. The van der Waals surface area contributed by atoms with Gasteiger partial charge in [0.15, 0.2) is 5.82 Å². The van der Waals surface area contributed by atoms with Crippen LogP contribution in [0.5, 0.6) is 0 Å². The summed E-state index contributed by atoms with van der Waals surface area (Å²) in [5, 5.41) is 21.9. The molecule has 3 rings (SSSR count). The lowest BCUT2D eigenvalue weighted by Crippen LogP contribution is -2.42. The van der Waals surface area contributed by atoms with E-state index in [2.05, 4.69) is 15.4 Å². The van der Waals surface area contributed by atoms with Gasteiger partial charge < -0.3 is 9.84 Å². The van der Waals surface area contributed by atoms with Gasteiger partial charge in [0, 0.05) is 0 Å². The number of rotatable bonds is 4. The lowest BCUT2D eigenvalue weighted by molar-refractivity contribution is -0.148. The molecule has 0 saturated carbocycles. The minimum Gasteiger partial charge on any atom is -0.465 e. The first-order valence-corrected chi connectivity index (χ1v) is 8.06. The van der Waals surface area contributed by atoms with Crippen molar-refractivity contribution in [2.45, 2.75) is 38.8 Å². The van der Waals surface area contributed by atoms with Crippen molar-refractivity contribution in [2.75, 3.05) is 6.61 Å². The molecule has 1 N–H and O–H groups in total. The van der Waals surface area contributed by atoms with Crippen molar-refractivity contribution < 1.29 is 19.4 Å². The van der Waals surface area contributed by atoms with E-state index in [4.69, 9.17) is 4.74 Å². The number of hydrogen-bond acceptors (Lipinski definition) is 6. The average Bonchev–Trinajstić information content (AvgIpc) is 3.22. The molecule has 1 amide bonds. The Morgan fingerprint density at radius 1 is 1.36 bits per heavy atom. The smallest absolute Gasteiger partial charge is 0.408 e. The fraction of sp³-hybridized carbons (Fsp3) is 0.438. The number of ether oxygens (including phenoxy) is 1. The minimum absolute atomic E-state index is 0.204. The quantitative estimate of drug-likeness (QED) is 0.840. The molecule has 2 aromatic rings. The Balaban J connectivity index is 1.86. The molecule has 0 radical (unpaired) electrons. The fourth-order valence-electron chi connectivity index (χ4n) is 3.02. The van der Waals surface area contributed by atoms with Crippen molar-refractivity contribution in [3.05, 3.63) is 35.7 Å². The molecule has 0 spiro atoms. The molecule has 2 atom stereocenters. The fourth-order valence-corrected chi connectivity index (χ4v) is 3.02. The zero-order valence-corrected chi connectivity index (χ0v) is 14.0. The first-order valence-electron chi connectivity index (χ1n) is 8.06. The van der Waals surface area contributed by atoms with Crippen LogP contribution in [-0.4, -0.2) is 54.9 Å². The van der Waals surface area contributed by atoms with Crippen LogP contribution in [0.15, 0.2) is 24.3 Å². The number of esters is 1. The van der Waals surface area contributed by atoms with Crippen LogP contribution in [0.25, 0.3) is 5.69 Å². The van der Waals surface area contributed by atoms with Crippen LogP contribution in [0, 0.1) is 6.92 Å². The molecular weight excluding hydrogens is 326 g/mol. The van der Waals surface area contributed by atoms with Gasteiger partial charge in [-0.05, 0) is 49.6 Å². The number of likely N-dealkylation sites (tertiary alicyclic amines) is 1. The maximum Gasteiger partial charge on any atom is 0.408 e. The van der Waals surface area contributed by atoms with Crippen molar-refractivity contribution in [1.82, 2.24) is 25.1 Å². The zero-order chi connectivity index (χ0) is 18.0. The molecule has 1 aliphatic heterocycles. The number of tetrazole rings is 1. The Kier molecular flexibility index (Phi) is 4.64. The van der Waals surface area contributed by atoms with Gasteiger partial charge in [0.25, 0.3) is 0 Å². The third-order valence-electron chi connectivity index (χ3n) is 4.12. The standard InChI is InChI=1S/C16H19N5O4/c1-3-25-15(22)13-8-7-12(20(13)16(23)24)14-17-19-21(18-14)11-6-4-5-10(2)9-11/h4-6,9,12-13H,3,7-8H2,1-2H3,(H,23,24)/t12-,13+/m1/s1. The molecule has 1 aliphatic rings. The molecule has 0 unspecified atom stereocenters.